The highest BCUT2D eigenvalue weighted by Gasteiger charge is 2.46. The minimum absolute atomic E-state index is 0.0476. The number of hydrogen-bond donors (Lipinski definition) is 5. The van der Waals surface area contributed by atoms with Crippen molar-refractivity contribution in [2.75, 3.05) is 48.8 Å². The molecular weight excluding hydrogens is 1090 g/mol. The lowest BCUT2D eigenvalue weighted by molar-refractivity contribution is -0.157. The smallest absolute Gasteiger partial charge is 0.246 e. The van der Waals surface area contributed by atoms with Gasteiger partial charge in [0.25, 0.3) is 0 Å². The van der Waals surface area contributed by atoms with Crippen molar-refractivity contribution in [3.63, 3.8) is 0 Å². The molecule has 0 aliphatic carbocycles. The van der Waals surface area contributed by atoms with Crippen molar-refractivity contribution in [3.8, 4) is 0 Å². The Labute approximate surface area is 510 Å². The molecule has 0 aromatic heterocycles. The van der Waals surface area contributed by atoms with Crippen LogP contribution in [0.2, 0.25) is 12.6 Å². The molecule has 12 atom stereocenters. The minimum Gasteiger partial charge on any atom is -0.390 e. The standard InChI is InChI=1S/C62H113BN10O12/c1-25-27-28-40(15)52(75)51-56(79)66-44(26-2)58(81)68(19)33-48(74)63(18)43(29-34(3)4)54(77)67-49(38(11)12)61(84)69(20)45(30-35(5)6)55(78)64-41(16)53(76)65-42(17)57(80)70(21)46(31-36(7)8)59(82)71(22)47(32-37(9)10)60(83)72(23)50(39(13)14)62(85)73(51)24/h34-47,49-52,75H,25-33H2,1-24H3,(H,64,78)(H,65,76)(H,66,79)(H,67,77). The van der Waals surface area contributed by atoms with Crippen molar-refractivity contribution >= 4 is 71.5 Å². The van der Waals surface area contributed by atoms with Crippen molar-refractivity contribution in [2.24, 2.45) is 41.4 Å². The van der Waals surface area contributed by atoms with Crippen LogP contribution in [-0.2, 0) is 52.7 Å². The number of nitrogens with zero attached hydrogens (tertiary/aromatic N) is 6. The van der Waals surface area contributed by atoms with E-state index in [1.54, 1.807) is 48.4 Å². The van der Waals surface area contributed by atoms with E-state index in [4.69, 9.17) is 0 Å². The minimum atomic E-state index is -1.57. The average molecular weight is 1200 g/mol. The van der Waals surface area contributed by atoms with Gasteiger partial charge in [0, 0.05) is 48.1 Å². The molecule has 0 aromatic rings. The van der Waals surface area contributed by atoms with Gasteiger partial charge in [0.05, 0.1) is 12.6 Å². The first-order valence-electron chi connectivity index (χ1n) is 31.2. The second kappa shape index (κ2) is 35.3. The third-order valence-corrected chi connectivity index (χ3v) is 16.7. The van der Waals surface area contributed by atoms with Crippen LogP contribution in [0.5, 0.6) is 0 Å². The molecule has 85 heavy (non-hydrogen) atoms. The summed E-state index contributed by atoms with van der Waals surface area (Å²) in [5.74, 6) is -9.59. The maximum atomic E-state index is 15.1. The highest BCUT2D eigenvalue weighted by atomic mass is 16.3. The van der Waals surface area contributed by atoms with Gasteiger partial charge < -0.3 is 60.6 Å². The molecule has 0 radical (unpaired) electrons. The summed E-state index contributed by atoms with van der Waals surface area (Å²) in [5.41, 5.74) is -0.468. The Balaban J connectivity index is 4.31. The van der Waals surface area contributed by atoms with E-state index in [0.29, 0.717) is 12.8 Å². The molecule has 0 saturated carbocycles. The number of carbonyl (C=O) groups excluding carboxylic acids is 11. The second-order valence-corrected chi connectivity index (χ2v) is 26.8. The van der Waals surface area contributed by atoms with E-state index in [1.807, 2.05) is 62.3 Å². The lowest BCUT2D eigenvalue weighted by Gasteiger charge is -2.41. The van der Waals surface area contributed by atoms with Gasteiger partial charge in [-0.1, -0.05) is 124 Å². The Hall–Kier alpha value is -5.61. The molecule has 22 nitrogen and oxygen atoms in total. The third kappa shape index (κ3) is 21.9. The van der Waals surface area contributed by atoms with Gasteiger partial charge in [-0.25, -0.2) is 0 Å². The molecule has 0 aromatic carbocycles. The summed E-state index contributed by atoms with van der Waals surface area (Å²) in [7, 11) is 8.59. The number of amides is 10. The Bertz CT molecular complexity index is 2280. The van der Waals surface area contributed by atoms with Gasteiger partial charge in [0.2, 0.25) is 65.8 Å². The van der Waals surface area contributed by atoms with Crippen LogP contribution in [0.25, 0.3) is 0 Å². The quantitative estimate of drug-likeness (QED) is 0.136. The number of hydrogen-bond acceptors (Lipinski definition) is 12. The highest BCUT2D eigenvalue weighted by molar-refractivity contribution is 6.92. The Kier molecular flexibility index (Phi) is 32.1. The zero-order valence-electron chi connectivity index (χ0n) is 56.5. The number of likely N-dealkylation sites (N-methyl/N-ethyl adjacent to an activating group) is 6. The van der Waals surface area contributed by atoms with Crippen LogP contribution in [0.1, 0.15) is 169 Å². The van der Waals surface area contributed by atoms with Gasteiger partial charge in [-0.15, -0.1) is 0 Å². The van der Waals surface area contributed by atoms with Gasteiger partial charge in [0.1, 0.15) is 60.1 Å². The lowest BCUT2D eigenvalue weighted by atomic mass is 9.38. The van der Waals surface area contributed by atoms with E-state index in [1.165, 1.54) is 80.6 Å². The fraction of sp³-hybridized carbons (Fsp3) is 0.823. The summed E-state index contributed by atoms with van der Waals surface area (Å²) < 4.78 is 0. The van der Waals surface area contributed by atoms with Crippen LogP contribution < -0.4 is 21.3 Å². The summed E-state index contributed by atoms with van der Waals surface area (Å²) >= 11 is 0. The fourth-order valence-electron chi connectivity index (χ4n) is 11.2. The molecule has 1 aliphatic rings. The maximum absolute atomic E-state index is 15.1. The summed E-state index contributed by atoms with van der Waals surface area (Å²) in [4.78, 5) is 168. The van der Waals surface area contributed by atoms with E-state index in [-0.39, 0.29) is 55.8 Å². The van der Waals surface area contributed by atoms with Gasteiger partial charge in [-0.2, -0.15) is 0 Å². The highest BCUT2D eigenvalue weighted by Crippen LogP contribution is 2.27. The Morgan fingerprint density at radius 3 is 1.39 bits per heavy atom. The third-order valence-electron chi connectivity index (χ3n) is 16.7. The first kappa shape index (κ1) is 77.4. The van der Waals surface area contributed by atoms with E-state index in [2.05, 4.69) is 21.3 Å². The topological polar surface area (TPSA) is 276 Å². The van der Waals surface area contributed by atoms with Crippen LogP contribution in [0, 0.1) is 41.4 Å². The van der Waals surface area contributed by atoms with E-state index in [0.717, 1.165) is 11.3 Å². The number of unbranched alkanes of at least 4 members (excludes halogenated alkanes) is 1. The summed E-state index contributed by atoms with van der Waals surface area (Å²) in [6.07, 6.45) is 1.31. The zero-order valence-corrected chi connectivity index (χ0v) is 56.5. The van der Waals surface area contributed by atoms with Crippen LogP contribution in [0.3, 0.4) is 0 Å². The molecule has 1 heterocycles. The molecule has 1 fully saturated rings. The molecule has 486 valence electrons. The number of aliphatic hydroxyl groups is 1. The van der Waals surface area contributed by atoms with E-state index >= 15 is 9.59 Å². The molecule has 0 spiro atoms. The first-order valence-corrected chi connectivity index (χ1v) is 31.2. The number of rotatable bonds is 16. The summed E-state index contributed by atoms with van der Waals surface area (Å²) in [6.45, 7) is 30.5. The van der Waals surface area contributed by atoms with Gasteiger partial charge in [-0.3, -0.25) is 47.9 Å². The van der Waals surface area contributed by atoms with Crippen LogP contribution in [-0.4, -0.2) is 215 Å². The number of aliphatic hydroxyl groups excluding tert-OH is 1. The molecule has 5 N–H and O–H groups in total. The summed E-state index contributed by atoms with van der Waals surface area (Å²) in [5, 5.41) is 23.2. The Morgan fingerprint density at radius 2 is 0.929 bits per heavy atom. The fourth-order valence-corrected chi connectivity index (χ4v) is 11.2. The predicted octanol–water partition coefficient (Wildman–Crippen LogP) is 4.27. The molecule has 23 heteroatoms. The number of nitrogens with one attached hydrogen (secondary N) is 4. The average Bonchev–Trinajstić information content (AvgIpc) is 3.62. The first-order chi connectivity index (χ1) is 39.2. The van der Waals surface area contributed by atoms with Crippen LogP contribution in [0.15, 0.2) is 0 Å². The number of carbonyl (C=O) groups is 11. The van der Waals surface area contributed by atoms with Crippen molar-refractivity contribution in [3.05, 3.63) is 0 Å². The second-order valence-electron chi connectivity index (χ2n) is 26.8. The SMILES string of the molecule is CCCCC(C)C(O)C1C(=O)NC(CC)C(=O)N(C)CC(=O)B(C)C(CC(C)C)C(=O)NC(C(C)C)C(=O)N(C)C(CC(C)C)C(=O)NC(C)C(=O)NC(C)C(=O)N(C)C(CC(C)C)C(=O)N(C)C(CC(C)C)C(=O)N(C)C(C(C)C)C(=O)N1C. The molecule has 12 unspecified atom stereocenters. The molecular formula is C62H113BN10O12. The monoisotopic (exact) mass is 1200 g/mol. The lowest BCUT2D eigenvalue weighted by Crippen LogP contribution is -2.63. The van der Waals surface area contributed by atoms with Crippen LogP contribution in [0.4, 0.5) is 0 Å². The van der Waals surface area contributed by atoms with Crippen molar-refractivity contribution in [2.45, 2.75) is 242 Å². The van der Waals surface area contributed by atoms with E-state index in [9.17, 15) is 48.3 Å². The summed E-state index contributed by atoms with van der Waals surface area (Å²) in [6, 6.07) is -11.0. The molecule has 0 bridgehead atoms. The van der Waals surface area contributed by atoms with Crippen molar-refractivity contribution in [1.82, 2.24) is 50.7 Å². The maximum Gasteiger partial charge on any atom is 0.246 e. The molecule has 10 amide bonds. The molecule has 1 rings (SSSR count). The van der Waals surface area contributed by atoms with Gasteiger partial charge in [0.15, 0.2) is 0 Å². The predicted molar refractivity (Wildman–Crippen MR) is 332 cm³/mol. The van der Waals surface area contributed by atoms with Crippen molar-refractivity contribution < 1.29 is 57.8 Å². The largest absolute Gasteiger partial charge is 0.390 e. The Morgan fingerprint density at radius 1 is 0.482 bits per heavy atom. The van der Waals surface area contributed by atoms with Gasteiger partial charge >= 0.3 is 0 Å². The van der Waals surface area contributed by atoms with Gasteiger partial charge in [-0.05, 0) is 93.8 Å². The van der Waals surface area contributed by atoms with E-state index < -0.39 is 162 Å². The normalized spacial score (nSPS) is 26.8. The van der Waals surface area contributed by atoms with Crippen LogP contribution >= 0.6 is 0 Å². The molecule has 1 aliphatic heterocycles. The molecule has 1 saturated heterocycles. The van der Waals surface area contributed by atoms with Crippen molar-refractivity contribution in [1.29, 1.82) is 0 Å². The zero-order chi connectivity index (χ0) is 66.0.